The van der Waals surface area contributed by atoms with Crippen LogP contribution in [0.1, 0.15) is 57.8 Å². The first-order valence-electron chi connectivity index (χ1n) is 17.2. The van der Waals surface area contributed by atoms with Gasteiger partial charge in [0.2, 0.25) is 0 Å². The van der Waals surface area contributed by atoms with Crippen LogP contribution in [0, 0.1) is 0 Å². The molecule has 1 N–H and O–H groups in total. The van der Waals surface area contributed by atoms with E-state index in [2.05, 4.69) is 0 Å². The molecule has 3 fully saturated rings. The van der Waals surface area contributed by atoms with Crippen LogP contribution in [0.25, 0.3) is 33.4 Å². The molecule has 3 aliphatic heterocycles. The predicted molar refractivity (Wildman–Crippen MR) is 185 cm³/mol. The zero-order chi connectivity index (χ0) is 33.6. The van der Waals surface area contributed by atoms with Crippen LogP contribution in [0.5, 0.6) is 17.2 Å². The molecular formula is C39H42O9S. The highest BCUT2D eigenvalue weighted by Crippen LogP contribution is 2.41. The van der Waals surface area contributed by atoms with Crippen LogP contribution in [0.3, 0.4) is 0 Å². The summed E-state index contributed by atoms with van der Waals surface area (Å²) in [5, 5.41) is 0. The summed E-state index contributed by atoms with van der Waals surface area (Å²) in [6.07, 6.45) is 7.82. The minimum atomic E-state index is -4.68. The zero-order valence-corrected chi connectivity index (χ0v) is 28.2. The second kappa shape index (κ2) is 15.3. The Bertz CT molecular complexity index is 1700. The van der Waals surface area contributed by atoms with Crippen LogP contribution in [-0.2, 0) is 24.3 Å². The van der Waals surface area contributed by atoms with E-state index in [1.54, 1.807) is 60.7 Å². The van der Waals surface area contributed by atoms with Gasteiger partial charge in [-0.05, 0) is 109 Å². The number of benzene rings is 4. The van der Waals surface area contributed by atoms with E-state index in [0.29, 0.717) is 59.3 Å². The van der Waals surface area contributed by atoms with Gasteiger partial charge in [0.25, 0.3) is 10.1 Å². The lowest BCUT2D eigenvalue weighted by molar-refractivity contribution is -0.106. The monoisotopic (exact) mass is 686 g/mol. The molecule has 49 heavy (non-hydrogen) atoms. The molecule has 0 aliphatic carbocycles. The molecule has 3 unspecified atom stereocenters. The van der Waals surface area contributed by atoms with Crippen LogP contribution in [0.2, 0.25) is 0 Å². The summed E-state index contributed by atoms with van der Waals surface area (Å²) in [6, 6.07) is 25.7. The van der Waals surface area contributed by atoms with Crippen LogP contribution in [0.4, 0.5) is 0 Å². The Labute approximate surface area is 287 Å². The highest BCUT2D eigenvalue weighted by Gasteiger charge is 2.25. The zero-order valence-electron chi connectivity index (χ0n) is 27.4. The largest absolute Gasteiger partial charge is 0.465 e. The van der Waals surface area contributed by atoms with Crippen molar-refractivity contribution in [3.63, 3.8) is 0 Å². The number of hydrogen-bond donors (Lipinski definition) is 1. The average Bonchev–Trinajstić information content (AvgIpc) is 3.13. The van der Waals surface area contributed by atoms with Gasteiger partial charge in [-0.1, -0.05) is 36.4 Å². The first-order valence-corrected chi connectivity index (χ1v) is 18.6. The Kier molecular flexibility index (Phi) is 10.5. The summed E-state index contributed by atoms with van der Waals surface area (Å²) in [5.74, 6) is 1.94. The number of rotatable bonds is 10. The van der Waals surface area contributed by atoms with Crippen molar-refractivity contribution in [2.45, 2.75) is 81.6 Å². The molecule has 0 bridgehead atoms. The van der Waals surface area contributed by atoms with Gasteiger partial charge in [-0.15, -0.1) is 0 Å². The topological polar surface area (TPSA) is 110 Å². The number of hydrogen-bond acceptors (Lipinski definition) is 8. The molecule has 0 aromatic heterocycles. The quantitative estimate of drug-likeness (QED) is 0.164. The molecule has 10 heteroatoms. The summed E-state index contributed by atoms with van der Waals surface area (Å²) < 4.78 is 72.4. The Morgan fingerprint density at radius 2 is 0.837 bits per heavy atom. The van der Waals surface area contributed by atoms with Crippen LogP contribution >= 0.6 is 0 Å². The molecule has 0 amide bonds. The number of ether oxygens (including phenoxy) is 6. The van der Waals surface area contributed by atoms with Crippen LogP contribution in [-0.4, -0.2) is 51.7 Å². The van der Waals surface area contributed by atoms with Crippen molar-refractivity contribution in [3.8, 4) is 50.6 Å². The van der Waals surface area contributed by atoms with Crippen molar-refractivity contribution < 1.29 is 41.4 Å². The second-order valence-electron chi connectivity index (χ2n) is 12.7. The summed E-state index contributed by atoms with van der Waals surface area (Å²) in [5.41, 5.74) is 3.56. The summed E-state index contributed by atoms with van der Waals surface area (Å²) >= 11 is 0. The predicted octanol–water partition coefficient (Wildman–Crippen LogP) is 8.65. The summed E-state index contributed by atoms with van der Waals surface area (Å²) in [4.78, 5) is -0.181. The molecule has 0 radical (unpaired) electrons. The van der Waals surface area contributed by atoms with Gasteiger partial charge in [-0.25, -0.2) is 0 Å². The molecule has 0 spiro atoms. The molecule has 258 valence electrons. The second-order valence-corrected chi connectivity index (χ2v) is 14.0. The maximum Gasteiger partial charge on any atom is 0.295 e. The van der Waals surface area contributed by atoms with E-state index in [0.717, 1.165) is 68.9 Å². The standard InChI is InChI=1S/C39H42O9S/c40-49(41,42)39-34(28-12-18-32(19-13-28)47-37-8-2-5-23-44-37)25-30(27-10-16-31(17-11-27)46-36-7-1-4-22-43-36)26-35(39)29-14-20-33(21-15-29)48-38-9-3-6-24-45-38/h10-21,25-26,36-38H,1-9,22-24H2,(H,40,41,42). The van der Waals surface area contributed by atoms with Gasteiger partial charge in [0.15, 0.2) is 18.9 Å². The fourth-order valence-electron chi connectivity index (χ4n) is 6.52. The van der Waals surface area contributed by atoms with Crippen LogP contribution in [0.15, 0.2) is 89.8 Å². The molecule has 3 saturated heterocycles. The fraction of sp³-hybridized carbons (Fsp3) is 0.385. The third-order valence-electron chi connectivity index (χ3n) is 9.08. The summed E-state index contributed by atoms with van der Waals surface area (Å²) in [6.45, 7) is 2.02. The van der Waals surface area contributed by atoms with Gasteiger partial charge in [-0.2, -0.15) is 8.42 Å². The molecule has 3 aliphatic rings. The Morgan fingerprint density at radius 3 is 1.14 bits per heavy atom. The lowest BCUT2D eigenvalue weighted by Gasteiger charge is -2.24. The maximum atomic E-state index is 13.2. The molecule has 4 aromatic rings. The van der Waals surface area contributed by atoms with E-state index >= 15 is 0 Å². The first kappa shape index (κ1) is 33.6. The molecular weight excluding hydrogens is 644 g/mol. The minimum absolute atomic E-state index is 0.181. The Morgan fingerprint density at radius 1 is 0.490 bits per heavy atom. The van der Waals surface area contributed by atoms with Crippen molar-refractivity contribution in [2.75, 3.05) is 19.8 Å². The molecule has 9 nitrogen and oxygen atoms in total. The van der Waals surface area contributed by atoms with Crippen molar-refractivity contribution >= 4 is 10.1 Å². The van der Waals surface area contributed by atoms with Crippen molar-refractivity contribution in [3.05, 3.63) is 84.9 Å². The average molecular weight is 687 g/mol. The van der Waals surface area contributed by atoms with Gasteiger partial charge in [0.1, 0.15) is 22.1 Å². The molecule has 7 rings (SSSR count). The van der Waals surface area contributed by atoms with Crippen molar-refractivity contribution in [1.29, 1.82) is 0 Å². The van der Waals surface area contributed by atoms with E-state index in [1.165, 1.54) is 0 Å². The third-order valence-corrected chi connectivity index (χ3v) is 10.0. The molecule has 3 heterocycles. The molecule has 0 saturated carbocycles. The third kappa shape index (κ3) is 8.45. The van der Waals surface area contributed by atoms with E-state index in [9.17, 15) is 13.0 Å². The van der Waals surface area contributed by atoms with Gasteiger partial charge in [0, 0.05) is 30.4 Å². The van der Waals surface area contributed by atoms with Gasteiger partial charge in [0.05, 0.1) is 19.8 Å². The van der Waals surface area contributed by atoms with Gasteiger partial charge in [-0.3, -0.25) is 4.55 Å². The van der Waals surface area contributed by atoms with E-state index in [-0.39, 0.29) is 23.8 Å². The minimum Gasteiger partial charge on any atom is -0.465 e. The SMILES string of the molecule is O=S(=O)(O)c1c(-c2ccc(OC3CCCCO3)cc2)cc(-c2ccc(OC3CCCCO3)cc2)cc1-c1ccc(OC2CCCCO2)cc1. The van der Waals surface area contributed by atoms with Gasteiger partial charge < -0.3 is 28.4 Å². The summed E-state index contributed by atoms with van der Waals surface area (Å²) in [7, 11) is -4.68. The van der Waals surface area contributed by atoms with E-state index < -0.39 is 10.1 Å². The maximum absolute atomic E-state index is 13.2. The van der Waals surface area contributed by atoms with Gasteiger partial charge >= 0.3 is 0 Å². The van der Waals surface area contributed by atoms with Crippen molar-refractivity contribution in [1.82, 2.24) is 0 Å². The first-order chi connectivity index (χ1) is 23.9. The van der Waals surface area contributed by atoms with Crippen LogP contribution < -0.4 is 14.2 Å². The highest BCUT2D eigenvalue weighted by molar-refractivity contribution is 7.86. The Balaban J connectivity index is 1.26. The van der Waals surface area contributed by atoms with E-state index in [1.807, 2.05) is 24.3 Å². The molecule has 3 atom stereocenters. The smallest absolute Gasteiger partial charge is 0.295 e. The molecule has 4 aromatic carbocycles. The lowest BCUT2D eigenvalue weighted by atomic mass is 9.93. The lowest BCUT2D eigenvalue weighted by Crippen LogP contribution is -2.24. The fourth-order valence-corrected chi connectivity index (χ4v) is 7.43. The Hall–Kier alpha value is -3.93. The normalized spacial score (nSPS) is 21.5. The highest BCUT2D eigenvalue weighted by atomic mass is 32.2. The van der Waals surface area contributed by atoms with E-state index in [4.69, 9.17) is 28.4 Å². The van der Waals surface area contributed by atoms with Crippen molar-refractivity contribution in [2.24, 2.45) is 0 Å².